The van der Waals surface area contributed by atoms with E-state index in [1.165, 1.54) is 6.07 Å². The van der Waals surface area contributed by atoms with E-state index in [1.54, 1.807) is 36.5 Å². The largest absolute Gasteiger partial charge is 0.490 e. The summed E-state index contributed by atoms with van der Waals surface area (Å²) in [6.45, 7) is 2.40. The molecule has 0 unspecified atom stereocenters. The van der Waals surface area contributed by atoms with Crippen LogP contribution in [-0.4, -0.2) is 27.8 Å². The van der Waals surface area contributed by atoms with Gasteiger partial charge in [-0.25, -0.2) is 9.82 Å². The van der Waals surface area contributed by atoms with Gasteiger partial charge in [0.2, 0.25) is 17.8 Å². The lowest BCUT2D eigenvalue weighted by molar-refractivity contribution is 0.266. The van der Waals surface area contributed by atoms with Gasteiger partial charge in [-0.05, 0) is 61.0 Å². The Morgan fingerprint density at radius 2 is 1.32 bits per heavy atom. The van der Waals surface area contributed by atoms with Crippen LogP contribution in [0.3, 0.4) is 0 Å². The van der Waals surface area contributed by atoms with E-state index in [-0.39, 0.29) is 18.4 Å². The molecule has 9 nitrogen and oxygen atoms in total. The van der Waals surface area contributed by atoms with Gasteiger partial charge in [0, 0.05) is 16.9 Å². The highest BCUT2D eigenvalue weighted by Gasteiger charge is 2.10. The van der Waals surface area contributed by atoms with Gasteiger partial charge in [0.1, 0.15) is 12.4 Å². The Labute approximate surface area is 237 Å². The number of halogens is 1. The number of hydrazone groups is 1. The topological polar surface area (TPSA) is 106 Å². The van der Waals surface area contributed by atoms with Gasteiger partial charge in [-0.3, -0.25) is 0 Å². The highest BCUT2D eigenvalue weighted by Crippen LogP contribution is 2.29. The number of nitrogens with one attached hydrogen (secondary N) is 3. The molecule has 0 aliphatic carbocycles. The molecule has 0 atom stereocenters. The molecule has 0 bridgehead atoms. The summed E-state index contributed by atoms with van der Waals surface area (Å²) in [5, 5.41) is 10.7. The van der Waals surface area contributed by atoms with E-state index in [1.807, 2.05) is 73.7 Å². The fourth-order valence-corrected chi connectivity index (χ4v) is 3.77. The van der Waals surface area contributed by atoms with Crippen LogP contribution in [-0.2, 0) is 6.61 Å². The molecule has 0 fully saturated rings. The van der Waals surface area contributed by atoms with E-state index in [0.717, 1.165) is 16.9 Å². The Kier molecular flexibility index (Phi) is 8.93. The predicted molar refractivity (Wildman–Crippen MR) is 159 cm³/mol. The highest BCUT2D eigenvalue weighted by molar-refractivity contribution is 5.81. The number of ether oxygens (including phenoxy) is 2. The zero-order valence-electron chi connectivity index (χ0n) is 22.3. The molecule has 3 N–H and O–H groups in total. The van der Waals surface area contributed by atoms with E-state index in [0.29, 0.717) is 35.6 Å². The van der Waals surface area contributed by atoms with Crippen LogP contribution in [0.15, 0.2) is 108 Å². The van der Waals surface area contributed by atoms with Crippen molar-refractivity contribution in [3.8, 4) is 11.5 Å². The quantitative estimate of drug-likeness (QED) is 0.114. The maximum absolute atomic E-state index is 14.0. The molecule has 41 heavy (non-hydrogen) atoms. The summed E-state index contributed by atoms with van der Waals surface area (Å²) in [6, 6.07) is 31.1. The van der Waals surface area contributed by atoms with Crippen molar-refractivity contribution in [2.45, 2.75) is 13.5 Å². The second-order valence-electron chi connectivity index (χ2n) is 8.68. The molecule has 0 amide bonds. The molecule has 0 saturated heterocycles. The third-order valence-electron chi connectivity index (χ3n) is 5.68. The molecule has 5 aromatic rings. The summed E-state index contributed by atoms with van der Waals surface area (Å²) >= 11 is 0. The van der Waals surface area contributed by atoms with Gasteiger partial charge in [-0.2, -0.15) is 20.1 Å². The first-order valence-corrected chi connectivity index (χ1v) is 13.0. The van der Waals surface area contributed by atoms with Crippen molar-refractivity contribution in [1.82, 2.24) is 15.0 Å². The van der Waals surface area contributed by atoms with Gasteiger partial charge < -0.3 is 20.1 Å². The lowest BCUT2D eigenvalue weighted by Crippen LogP contribution is -2.07. The summed E-state index contributed by atoms with van der Waals surface area (Å²) in [5.74, 6) is 1.64. The highest BCUT2D eigenvalue weighted by atomic mass is 19.1. The zero-order valence-corrected chi connectivity index (χ0v) is 22.3. The number of rotatable bonds is 12. The van der Waals surface area contributed by atoms with Crippen molar-refractivity contribution in [3.05, 3.63) is 120 Å². The molecular weight excluding hydrogens is 521 g/mol. The third kappa shape index (κ3) is 7.76. The average molecular weight is 550 g/mol. The zero-order chi connectivity index (χ0) is 28.3. The van der Waals surface area contributed by atoms with Crippen LogP contribution < -0.4 is 25.5 Å². The molecule has 1 aromatic heterocycles. The standard InChI is InChI=1S/C31H28FN7O2/c1-2-40-28-19-22(17-18-27(28)41-21-23-11-9-10-16-26(23)32)20-33-39-31-37-29(34-24-12-5-3-6-13-24)36-30(38-31)35-25-14-7-4-8-15-25/h3-20H,2,21H2,1H3,(H3,34,35,36,37,38,39)/b33-20+. The second kappa shape index (κ2) is 13.5. The molecule has 4 aromatic carbocycles. The fraction of sp³-hybridized carbons (Fsp3) is 0.0968. The maximum atomic E-state index is 14.0. The molecule has 206 valence electrons. The first-order valence-electron chi connectivity index (χ1n) is 13.0. The van der Waals surface area contributed by atoms with Crippen molar-refractivity contribution in [3.63, 3.8) is 0 Å². The fourth-order valence-electron chi connectivity index (χ4n) is 3.77. The SMILES string of the molecule is CCOc1cc(/C=N/Nc2nc(Nc3ccccc3)nc(Nc3ccccc3)n2)ccc1OCc1ccccc1F. The predicted octanol–water partition coefficient (Wildman–Crippen LogP) is 6.92. The van der Waals surface area contributed by atoms with E-state index in [4.69, 9.17) is 9.47 Å². The van der Waals surface area contributed by atoms with Gasteiger partial charge in [-0.15, -0.1) is 0 Å². The van der Waals surface area contributed by atoms with Crippen LogP contribution >= 0.6 is 0 Å². The number of nitrogens with zero attached hydrogens (tertiary/aromatic N) is 4. The smallest absolute Gasteiger partial charge is 0.250 e. The molecule has 10 heteroatoms. The molecule has 0 radical (unpaired) electrons. The van der Waals surface area contributed by atoms with Gasteiger partial charge >= 0.3 is 0 Å². The van der Waals surface area contributed by atoms with Crippen LogP contribution in [0.4, 0.5) is 33.6 Å². The van der Waals surface area contributed by atoms with Crippen molar-refractivity contribution < 1.29 is 13.9 Å². The summed E-state index contributed by atoms with van der Waals surface area (Å²) in [6.07, 6.45) is 1.61. The normalized spacial score (nSPS) is 10.8. The number of anilines is 5. The second-order valence-corrected chi connectivity index (χ2v) is 8.68. The lowest BCUT2D eigenvalue weighted by Gasteiger charge is -2.13. The molecule has 5 rings (SSSR count). The monoisotopic (exact) mass is 549 g/mol. The van der Waals surface area contributed by atoms with Crippen molar-refractivity contribution in [2.24, 2.45) is 5.10 Å². The summed E-state index contributed by atoms with van der Waals surface area (Å²) in [5.41, 5.74) is 5.75. The number of hydrogen-bond donors (Lipinski definition) is 3. The van der Waals surface area contributed by atoms with E-state index < -0.39 is 0 Å². The Bertz CT molecular complexity index is 1540. The average Bonchev–Trinajstić information content (AvgIpc) is 2.99. The Morgan fingerprint density at radius 3 is 1.95 bits per heavy atom. The number of benzene rings is 4. The molecule has 0 aliphatic rings. The van der Waals surface area contributed by atoms with Crippen LogP contribution in [0.1, 0.15) is 18.1 Å². The Balaban J connectivity index is 1.31. The van der Waals surface area contributed by atoms with Gasteiger partial charge in [-0.1, -0.05) is 54.6 Å². The van der Waals surface area contributed by atoms with E-state index >= 15 is 0 Å². The van der Waals surface area contributed by atoms with Crippen LogP contribution in [0, 0.1) is 5.82 Å². The molecular formula is C31H28FN7O2. The first kappa shape index (κ1) is 27.1. The van der Waals surface area contributed by atoms with Gasteiger partial charge in [0.15, 0.2) is 11.5 Å². The van der Waals surface area contributed by atoms with Crippen molar-refractivity contribution in [2.75, 3.05) is 22.7 Å². The minimum atomic E-state index is -0.317. The van der Waals surface area contributed by atoms with E-state index in [2.05, 4.69) is 36.1 Å². The maximum Gasteiger partial charge on any atom is 0.250 e. The Hall–Kier alpha value is -5.51. The van der Waals surface area contributed by atoms with Gasteiger partial charge in [0.05, 0.1) is 12.8 Å². The Morgan fingerprint density at radius 1 is 0.707 bits per heavy atom. The molecule has 0 spiro atoms. The number of aromatic nitrogens is 3. The molecule has 0 aliphatic heterocycles. The van der Waals surface area contributed by atoms with Crippen LogP contribution in [0.5, 0.6) is 11.5 Å². The lowest BCUT2D eigenvalue weighted by atomic mass is 10.2. The van der Waals surface area contributed by atoms with Crippen LogP contribution in [0.25, 0.3) is 0 Å². The minimum Gasteiger partial charge on any atom is -0.490 e. The van der Waals surface area contributed by atoms with Gasteiger partial charge in [0.25, 0.3) is 0 Å². The van der Waals surface area contributed by atoms with Crippen LogP contribution in [0.2, 0.25) is 0 Å². The van der Waals surface area contributed by atoms with E-state index in [9.17, 15) is 4.39 Å². The van der Waals surface area contributed by atoms with Crippen molar-refractivity contribution >= 4 is 35.4 Å². The molecule has 0 saturated carbocycles. The summed E-state index contributed by atoms with van der Waals surface area (Å²) in [4.78, 5) is 13.4. The third-order valence-corrected chi connectivity index (χ3v) is 5.68. The van der Waals surface area contributed by atoms with Crippen molar-refractivity contribution in [1.29, 1.82) is 0 Å². The molecule has 1 heterocycles. The summed E-state index contributed by atoms with van der Waals surface area (Å²) < 4.78 is 25.6. The number of hydrogen-bond acceptors (Lipinski definition) is 9. The first-order chi connectivity index (χ1) is 20.2. The summed E-state index contributed by atoms with van der Waals surface area (Å²) in [7, 11) is 0. The number of para-hydroxylation sites is 2. The minimum absolute atomic E-state index is 0.0832.